The van der Waals surface area contributed by atoms with Gasteiger partial charge in [0.2, 0.25) is 0 Å². The number of amides is 1. The van der Waals surface area contributed by atoms with Crippen LogP contribution in [0.3, 0.4) is 0 Å². The molecule has 0 saturated heterocycles. The maximum absolute atomic E-state index is 13.1. The summed E-state index contributed by atoms with van der Waals surface area (Å²) >= 11 is 0. The van der Waals surface area contributed by atoms with E-state index in [2.05, 4.69) is 4.90 Å². The number of carbonyl (C=O) groups is 1. The Morgan fingerprint density at radius 1 is 1.17 bits per heavy atom. The van der Waals surface area contributed by atoms with E-state index in [0.717, 1.165) is 45.4 Å². The van der Waals surface area contributed by atoms with E-state index in [4.69, 9.17) is 9.72 Å². The molecule has 4 rings (SSSR count). The lowest BCUT2D eigenvalue weighted by Gasteiger charge is -2.20. The number of nitrogens with zero attached hydrogens (tertiary/aromatic N) is 3. The molecule has 122 valence electrons. The molecule has 5 heteroatoms. The zero-order chi connectivity index (χ0) is 16.8. The second kappa shape index (κ2) is 5.46. The highest BCUT2D eigenvalue weighted by molar-refractivity contribution is 6.30. The number of fused-ring (bicyclic) bond motifs is 2. The second-order valence-corrected chi connectivity index (χ2v) is 6.30. The minimum Gasteiger partial charge on any atom is -0.497 e. The van der Waals surface area contributed by atoms with Gasteiger partial charge in [0, 0.05) is 23.9 Å². The molecule has 2 aromatic carbocycles. The average molecular weight is 321 g/mol. The van der Waals surface area contributed by atoms with Crippen LogP contribution in [0.5, 0.6) is 5.75 Å². The number of hydrogen-bond donors (Lipinski definition) is 0. The first-order valence-corrected chi connectivity index (χ1v) is 7.97. The largest absolute Gasteiger partial charge is 0.497 e. The Morgan fingerprint density at radius 2 is 2.00 bits per heavy atom. The van der Waals surface area contributed by atoms with Gasteiger partial charge in [0.25, 0.3) is 5.91 Å². The molecule has 0 bridgehead atoms. The van der Waals surface area contributed by atoms with Gasteiger partial charge < -0.3 is 14.5 Å². The summed E-state index contributed by atoms with van der Waals surface area (Å²) in [6.45, 7) is 1.47. The predicted molar refractivity (Wildman–Crippen MR) is 96.0 cm³/mol. The molecule has 0 saturated carbocycles. The van der Waals surface area contributed by atoms with Gasteiger partial charge in [-0.25, -0.2) is 4.98 Å². The van der Waals surface area contributed by atoms with E-state index in [9.17, 15) is 4.79 Å². The molecule has 3 aromatic rings. The number of methoxy groups -OCH3 is 1. The molecule has 0 fully saturated rings. The van der Waals surface area contributed by atoms with E-state index in [1.54, 1.807) is 7.11 Å². The zero-order valence-corrected chi connectivity index (χ0v) is 14.0. The standard InChI is InChI=1S/C19H19N3O2/c1-21(2)9-10-22-16-6-4-5-15-18(16)17(19(22)23)13-11-12(24-3)7-8-14(13)20-15/h4-8,11H,9-10H2,1-3H3. The van der Waals surface area contributed by atoms with Crippen molar-refractivity contribution >= 4 is 33.4 Å². The maximum atomic E-state index is 13.1. The van der Waals surface area contributed by atoms with Gasteiger partial charge in [-0.2, -0.15) is 0 Å². The molecule has 1 aliphatic rings. The van der Waals surface area contributed by atoms with Gasteiger partial charge >= 0.3 is 0 Å². The van der Waals surface area contributed by atoms with Crippen LogP contribution in [-0.2, 0) is 0 Å². The van der Waals surface area contributed by atoms with E-state index in [1.165, 1.54) is 0 Å². The Morgan fingerprint density at radius 3 is 2.75 bits per heavy atom. The fourth-order valence-corrected chi connectivity index (χ4v) is 3.30. The number of ether oxygens (including phenoxy) is 1. The number of likely N-dealkylation sites (N-methyl/N-ethyl adjacent to an activating group) is 1. The zero-order valence-electron chi connectivity index (χ0n) is 14.0. The van der Waals surface area contributed by atoms with Gasteiger partial charge in [-0.3, -0.25) is 4.79 Å². The Balaban J connectivity index is 1.97. The first-order valence-electron chi connectivity index (χ1n) is 7.97. The normalized spacial score (nSPS) is 13.5. The van der Waals surface area contributed by atoms with Crippen molar-refractivity contribution in [1.29, 1.82) is 0 Å². The smallest absolute Gasteiger partial charge is 0.259 e. The molecule has 0 spiro atoms. The topological polar surface area (TPSA) is 45.7 Å². The third kappa shape index (κ3) is 2.12. The van der Waals surface area contributed by atoms with Crippen LogP contribution in [0.1, 0.15) is 10.4 Å². The number of benzene rings is 2. The Bertz CT molecular complexity index is 966. The van der Waals surface area contributed by atoms with Gasteiger partial charge in [0.1, 0.15) is 5.75 Å². The van der Waals surface area contributed by atoms with Crippen molar-refractivity contribution in [2.75, 3.05) is 39.2 Å². The molecule has 1 aromatic heterocycles. The van der Waals surface area contributed by atoms with Gasteiger partial charge in [0.15, 0.2) is 0 Å². The average Bonchev–Trinajstić information content (AvgIpc) is 2.87. The van der Waals surface area contributed by atoms with Gasteiger partial charge in [0.05, 0.1) is 29.4 Å². The fourth-order valence-electron chi connectivity index (χ4n) is 3.30. The molecule has 0 atom stereocenters. The molecule has 5 nitrogen and oxygen atoms in total. The number of anilines is 1. The lowest BCUT2D eigenvalue weighted by molar-refractivity contribution is 0.0993. The lowest BCUT2D eigenvalue weighted by atomic mass is 10.0. The quantitative estimate of drug-likeness (QED) is 0.693. The summed E-state index contributed by atoms with van der Waals surface area (Å²) in [6.07, 6.45) is 0. The number of rotatable bonds is 4. The van der Waals surface area contributed by atoms with Crippen molar-refractivity contribution in [3.05, 3.63) is 42.0 Å². The van der Waals surface area contributed by atoms with Crippen molar-refractivity contribution in [3.8, 4) is 5.75 Å². The maximum Gasteiger partial charge on any atom is 0.259 e. The summed E-state index contributed by atoms with van der Waals surface area (Å²) in [5.41, 5.74) is 3.37. The molecule has 1 amide bonds. The Kier molecular flexibility index (Phi) is 3.39. The second-order valence-electron chi connectivity index (χ2n) is 6.30. The van der Waals surface area contributed by atoms with Crippen molar-refractivity contribution in [1.82, 2.24) is 9.88 Å². The van der Waals surface area contributed by atoms with Crippen molar-refractivity contribution in [2.24, 2.45) is 0 Å². The molecule has 0 radical (unpaired) electrons. The molecule has 0 unspecified atom stereocenters. The third-order valence-electron chi connectivity index (χ3n) is 4.51. The van der Waals surface area contributed by atoms with Crippen LogP contribution in [0.15, 0.2) is 36.4 Å². The first kappa shape index (κ1) is 14.9. The van der Waals surface area contributed by atoms with Crippen LogP contribution in [0.25, 0.3) is 21.8 Å². The van der Waals surface area contributed by atoms with E-state index >= 15 is 0 Å². The fraction of sp³-hybridized carbons (Fsp3) is 0.263. The number of pyridine rings is 1. The lowest BCUT2D eigenvalue weighted by Crippen LogP contribution is -2.34. The minimum absolute atomic E-state index is 0.0451. The Labute approximate surface area is 140 Å². The molecule has 2 heterocycles. The summed E-state index contributed by atoms with van der Waals surface area (Å²) in [5.74, 6) is 0.778. The minimum atomic E-state index is 0.0451. The van der Waals surface area contributed by atoms with Gasteiger partial charge in [-0.1, -0.05) is 6.07 Å². The van der Waals surface area contributed by atoms with Crippen LogP contribution in [0.4, 0.5) is 5.69 Å². The summed E-state index contributed by atoms with van der Waals surface area (Å²) in [6, 6.07) is 11.6. The summed E-state index contributed by atoms with van der Waals surface area (Å²) in [5, 5.41) is 1.80. The number of carbonyl (C=O) groups excluding carboxylic acids is 1. The van der Waals surface area contributed by atoms with Crippen LogP contribution in [0.2, 0.25) is 0 Å². The molecular weight excluding hydrogens is 302 g/mol. The Hall–Kier alpha value is -2.66. The van der Waals surface area contributed by atoms with Gasteiger partial charge in [-0.15, -0.1) is 0 Å². The van der Waals surface area contributed by atoms with Crippen LogP contribution in [-0.4, -0.2) is 50.1 Å². The highest BCUT2D eigenvalue weighted by Crippen LogP contribution is 2.40. The summed E-state index contributed by atoms with van der Waals surface area (Å²) < 4.78 is 5.33. The van der Waals surface area contributed by atoms with Crippen molar-refractivity contribution in [2.45, 2.75) is 0 Å². The molecule has 1 aliphatic heterocycles. The highest BCUT2D eigenvalue weighted by Gasteiger charge is 2.32. The summed E-state index contributed by atoms with van der Waals surface area (Å²) in [7, 11) is 5.65. The molecule has 24 heavy (non-hydrogen) atoms. The van der Waals surface area contributed by atoms with Crippen LogP contribution >= 0.6 is 0 Å². The third-order valence-corrected chi connectivity index (χ3v) is 4.51. The van der Waals surface area contributed by atoms with E-state index in [0.29, 0.717) is 6.54 Å². The number of hydrogen-bond acceptors (Lipinski definition) is 4. The van der Waals surface area contributed by atoms with E-state index in [-0.39, 0.29) is 5.91 Å². The van der Waals surface area contributed by atoms with E-state index in [1.807, 2.05) is 55.4 Å². The van der Waals surface area contributed by atoms with E-state index < -0.39 is 0 Å². The summed E-state index contributed by atoms with van der Waals surface area (Å²) in [4.78, 5) is 21.8. The molecule has 0 aliphatic carbocycles. The first-order chi connectivity index (χ1) is 11.6. The highest BCUT2D eigenvalue weighted by atomic mass is 16.5. The van der Waals surface area contributed by atoms with Crippen molar-refractivity contribution < 1.29 is 9.53 Å². The van der Waals surface area contributed by atoms with Crippen LogP contribution in [0, 0.1) is 0 Å². The molecular formula is C19H19N3O2. The SMILES string of the molecule is COc1ccc2nc3cccc4c3c(c2c1)C(=O)N4CCN(C)C. The number of aromatic nitrogens is 1. The van der Waals surface area contributed by atoms with Gasteiger partial charge in [-0.05, 0) is 44.4 Å². The molecule has 0 N–H and O–H groups in total. The predicted octanol–water partition coefficient (Wildman–Crippen LogP) is 2.92. The van der Waals surface area contributed by atoms with Crippen molar-refractivity contribution in [3.63, 3.8) is 0 Å². The monoisotopic (exact) mass is 321 g/mol. The van der Waals surface area contributed by atoms with Crippen LogP contribution < -0.4 is 9.64 Å².